The fourth-order valence-electron chi connectivity index (χ4n) is 5.20. The molecule has 0 atom stereocenters. The molecule has 0 spiro atoms. The SMILES string of the molecule is Cc1oc2ncnc(NC3(C)CC3)c2c1C(=O)N1CCc2c(C3CCOCC3)ccnc2C1. The highest BCUT2D eigenvalue weighted by Gasteiger charge is 2.39. The summed E-state index contributed by atoms with van der Waals surface area (Å²) in [5.74, 6) is 1.73. The Morgan fingerprint density at radius 3 is 2.82 bits per heavy atom. The number of furan rings is 1. The zero-order valence-electron chi connectivity index (χ0n) is 19.2. The van der Waals surface area contributed by atoms with Gasteiger partial charge < -0.3 is 19.4 Å². The summed E-state index contributed by atoms with van der Waals surface area (Å²) in [5.41, 5.74) is 4.74. The third-order valence-corrected chi connectivity index (χ3v) is 7.40. The summed E-state index contributed by atoms with van der Waals surface area (Å²) >= 11 is 0. The van der Waals surface area contributed by atoms with Crippen LogP contribution in [0.1, 0.15) is 71.5 Å². The molecule has 1 aliphatic carbocycles. The van der Waals surface area contributed by atoms with Gasteiger partial charge in [-0.3, -0.25) is 9.78 Å². The molecule has 1 saturated heterocycles. The van der Waals surface area contributed by atoms with Crippen LogP contribution in [0.2, 0.25) is 0 Å². The molecule has 3 aliphatic rings. The molecule has 172 valence electrons. The Hall–Kier alpha value is -3.00. The van der Waals surface area contributed by atoms with Gasteiger partial charge >= 0.3 is 0 Å². The predicted octanol–water partition coefficient (Wildman–Crippen LogP) is 3.98. The number of aromatic nitrogens is 3. The fourth-order valence-corrected chi connectivity index (χ4v) is 5.20. The number of pyridine rings is 1. The molecular weight excluding hydrogens is 418 g/mol. The van der Waals surface area contributed by atoms with E-state index in [0.717, 1.165) is 51.0 Å². The smallest absolute Gasteiger partial charge is 0.258 e. The summed E-state index contributed by atoms with van der Waals surface area (Å²) < 4.78 is 11.4. The van der Waals surface area contributed by atoms with Gasteiger partial charge in [0.15, 0.2) is 0 Å². The van der Waals surface area contributed by atoms with Crippen molar-refractivity contribution in [3.63, 3.8) is 0 Å². The number of anilines is 1. The van der Waals surface area contributed by atoms with Crippen LogP contribution in [0.3, 0.4) is 0 Å². The first-order valence-electron chi connectivity index (χ1n) is 11.9. The van der Waals surface area contributed by atoms with E-state index in [1.807, 2.05) is 18.0 Å². The van der Waals surface area contributed by atoms with Gasteiger partial charge in [-0.2, -0.15) is 0 Å². The van der Waals surface area contributed by atoms with Crippen molar-refractivity contribution in [2.45, 2.75) is 64.0 Å². The predicted molar refractivity (Wildman–Crippen MR) is 123 cm³/mol. The van der Waals surface area contributed by atoms with Gasteiger partial charge in [-0.15, -0.1) is 0 Å². The molecule has 1 amide bonds. The van der Waals surface area contributed by atoms with Gasteiger partial charge in [-0.05, 0) is 69.1 Å². The van der Waals surface area contributed by atoms with Crippen LogP contribution in [-0.2, 0) is 17.7 Å². The number of carbonyl (C=O) groups excluding carboxylic acids is 1. The lowest BCUT2D eigenvalue weighted by Gasteiger charge is -2.32. The molecule has 0 radical (unpaired) electrons. The van der Waals surface area contributed by atoms with Gasteiger partial charge in [-0.25, -0.2) is 9.97 Å². The maximum atomic E-state index is 13.8. The van der Waals surface area contributed by atoms with E-state index < -0.39 is 0 Å². The lowest BCUT2D eigenvalue weighted by molar-refractivity contribution is 0.0729. The molecule has 0 aromatic carbocycles. The molecule has 3 aromatic rings. The highest BCUT2D eigenvalue weighted by atomic mass is 16.5. The van der Waals surface area contributed by atoms with Gasteiger partial charge in [0, 0.05) is 31.5 Å². The van der Waals surface area contributed by atoms with E-state index in [1.54, 1.807) is 0 Å². The molecule has 5 heterocycles. The molecule has 1 saturated carbocycles. The van der Waals surface area contributed by atoms with Gasteiger partial charge in [0.2, 0.25) is 5.71 Å². The summed E-state index contributed by atoms with van der Waals surface area (Å²) in [6.07, 6.45) is 8.47. The van der Waals surface area contributed by atoms with Crippen molar-refractivity contribution in [3.8, 4) is 0 Å². The number of carbonyl (C=O) groups is 1. The first-order valence-corrected chi connectivity index (χ1v) is 11.9. The Balaban J connectivity index is 1.32. The Labute approximate surface area is 192 Å². The number of amides is 1. The number of hydrogen-bond acceptors (Lipinski definition) is 7. The van der Waals surface area contributed by atoms with Crippen molar-refractivity contribution >= 4 is 22.8 Å². The van der Waals surface area contributed by atoms with Crippen LogP contribution in [0.4, 0.5) is 5.82 Å². The topological polar surface area (TPSA) is 93.4 Å². The molecular formula is C25H29N5O3. The van der Waals surface area contributed by atoms with E-state index in [4.69, 9.17) is 9.15 Å². The van der Waals surface area contributed by atoms with Crippen LogP contribution >= 0.6 is 0 Å². The fraction of sp³-hybridized carbons (Fsp3) is 0.520. The summed E-state index contributed by atoms with van der Waals surface area (Å²) in [6, 6.07) is 2.16. The van der Waals surface area contributed by atoms with Gasteiger partial charge in [-0.1, -0.05) is 0 Å². The molecule has 3 aromatic heterocycles. The van der Waals surface area contributed by atoms with E-state index in [2.05, 4.69) is 33.3 Å². The zero-order valence-corrected chi connectivity index (χ0v) is 19.2. The average molecular weight is 448 g/mol. The molecule has 0 unspecified atom stereocenters. The molecule has 1 N–H and O–H groups in total. The first kappa shape index (κ1) is 20.6. The number of fused-ring (bicyclic) bond motifs is 2. The lowest BCUT2D eigenvalue weighted by atomic mass is 9.86. The quantitative estimate of drug-likeness (QED) is 0.646. The van der Waals surface area contributed by atoms with Crippen molar-refractivity contribution in [1.29, 1.82) is 0 Å². The molecule has 33 heavy (non-hydrogen) atoms. The maximum Gasteiger partial charge on any atom is 0.258 e. The number of ether oxygens (including phenoxy) is 1. The molecule has 0 bridgehead atoms. The highest BCUT2D eigenvalue weighted by molar-refractivity contribution is 6.10. The van der Waals surface area contributed by atoms with E-state index in [-0.39, 0.29) is 11.4 Å². The van der Waals surface area contributed by atoms with E-state index in [9.17, 15) is 4.79 Å². The van der Waals surface area contributed by atoms with Crippen molar-refractivity contribution in [2.75, 3.05) is 25.1 Å². The maximum absolute atomic E-state index is 13.8. The minimum atomic E-state index is -0.0473. The standard InChI is InChI=1S/C25H29N5O3/c1-15-20(21-22(29-25(2)7-8-25)27-14-28-23(21)33-15)24(31)30-10-4-18-17(3-9-26-19(18)13-30)16-5-11-32-12-6-16/h3,9,14,16H,4-8,10-13H2,1-2H3,(H,27,28,29). The second kappa shape index (κ2) is 7.80. The van der Waals surface area contributed by atoms with Crippen LogP contribution in [0.5, 0.6) is 0 Å². The van der Waals surface area contributed by atoms with Crippen molar-refractivity contribution < 1.29 is 13.9 Å². The number of rotatable bonds is 4. The summed E-state index contributed by atoms with van der Waals surface area (Å²) in [6.45, 7) is 6.79. The third-order valence-electron chi connectivity index (χ3n) is 7.40. The molecule has 6 rings (SSSR count). The number of aryl methyl sites for hydroxylation is 1. The third kappa shape index (κ3) is 3.66. The summed E-state index contributed by atoms with van der Waals surface area (Å²) in [7, 11) is 0. The first-order chi connectivity index (χ1) is 16.0. The van der Waals surface area contributed by atoms with Gasteiger partial charge in [0.05, 0.1) is 23.2 Å². The van der Waals surface area contributed by atoms with Crippen molar-refractivity contribution in [2.24, 2.45) is 0 Å². The number of nitrogens with zero attached hydrogens (tertiary/aromatic N) is 4. The van der Waals surface area contributed by atoms with Crippen LogP contribution in [0.15, 0.2) is 23.0 Å². The molecule has 8 nitrogen and oxygen atoms in total. The molecule has 2 fully saturated rings. The Morgan fingerprint density at radius 1 is 1.21 bits per heavy atom. The van der Waals surface area contributed by atoms with Crippen LogP contribution in [0.25, 0.3) is 11.1 Å². The Bertz CT molecular complexity index is 1230. The zero-order chi connectivity index (χ0) is 22.6. The average Bonchev–Trinajstić information content (AvgIpc) is 3.46. The summed E-state index contributed by atoms with van der Waals surface area (Å²) in [5, 5.41) is 4.18. The molecule has 2 aliphatic heterocycles. The number of hydrogen-bond donors (Lipinski definition) is 1. The van der Waals surface area contributed by atoms with Gasteiger partial charge in [0.1, 0.15) is 17.9 Å². The van der Waals surface area contributed by atoms with Crippen LogP contribution in [0, 0.1) is 6.92 Å². The van der Waals surface area contributed by atoms with Crippen molar-refractivity contribution in [1.82, 2.24) is 19.9 Å². The minimum Gasteiger partial charge on any atom is -0.442 e. The minimum absolute atomic E-state index is 0.0291. The van der Waals surface area contributed by atoms with Crippen LogP contribution in [-0.4, -0.2) is 51.1 Å². The lowest BCUT2D eigenvalue weighted by Crippen LogP contribution is -2.37. The second-order valence-electron chi connectivity index (χ2n) is 9.81. The number of nitrogens with one attached hydrogen (secondary N) is 1. The monoisotopic (exact) mass is 447 g/mol. The van der Waals surface area contributed by atoms with Gasteiger partial charge in [0.25, 0.3) is 5.91 Å². The van der Waals surface area contributed by atoms with E-state index in [0.29, 0.717) is 47.2 Å². The highest BCUT2D eigenvalue weighted by Crippen LogP contribution is 2.41. The van der Waals surface area contributed by atoms with Crippen molar-refractivity contribution in [3.05, 3.63) is 46.7 Å². The molecule has 8 heteroatoms. The Kier molecular flexibility index (Phi) is 4.87. The largest absolute Gasteiger partial charge is 0.442 e. The van der Waals surface area contributed by atoms with E-state index >= 15 is 0 Å². The summed E-state index contributed by atoms with van der Waals surface area (Å²) in [4.78, 5) is 29.1. The second-order valence-corrected chi connectivity index (χ2v) is 9.81. The Morgan fingerprint density at radius 2 is 2.03 bits per heavy atom. The van der Waals surface area contributed by atoms with Crippen LogP contribution < -0.4 is 5.32 Å². The van der Waals surface area contributed by atoms with E-state index in [1.165, 1.54) is 17.5 Å². The normalized spacial score (nSPS) is 20.0.